The highest BCUT2D eigenvalue weighted by molar-refractivity contribution is 5.29. The molecule has 0 amide bonds. The molecule has 2 atom stereocenters. The molecule has 2 unspecified atom stereocenters. The van der Waals surface area contributed by atoms with Crippen molar-refractivity contribution in [2.75, 3.05) is 6.54 Å². The third-order valence-electron chi connectivity index (χ3n) is 4.61. The second kappa shape index (κ2) is 8.22. The number of hydrogen-bond donors (Lipinski definition) is 2. The van der Waals surface area contributed by atoms with Crippen molar-refractivity contribution >= 4 is 0 Å². The zero-order valence-electron chi connectivity index (χ0n) is 14.5. The molecule has 0 spiro atoms. The number of aromatic nitrogens is 3. The summed E-state index contributed by atoms with van der Waals surface area (Å²) in [5.74, 6) is 1.17. The SMILES string of the molecule is CCC(CC)C(O)CNC(C)c1cnn(-c2ccccn2)c1C. The topological polar surface area (TPSA) is 63.0 Å². The van der Waals surface area contributed by atoms with Crippen LogP contribution in [0.2, 0.25) is 0 Å². The van der Waals surface area contributed by atoms with Crippen LogP contribution in [0.4, 0.5) is 0 Å². The molecule has 126 valence electrons. The van der Waals surface area contributed by atoms with Crippen molar-refractivity contribution in [1.82, 2.24) is 20.1 Å². The van der Waals surface area contributed by atoms with E-state index in [9.17, 15) is 5.11 Å². The van der Waals surface area contributed by atoms with Gasteiger partial charge < -0.3 is 10.4 Å². The van der Waals surface area contributed by atoms with Crippen LogP contribution in [0.25, 0.3) is 5.82 Å². The van der Waals surface area contributed by atoms with Crippen molar-refractivity contribution in [3.8, 4) is 5.82 Å². The predicted octanol–water partition coefficient (Wildman–Crippen LogP) is 3.02. The van der Waals surface area contributed by atoms with Crippen molar-refractivity contribution < 1.29 is 5.11 Å². The van der Waals surface area contributed by atoms with Gasteiger partial charge in [-0.1, -0.05) is 32.8 Å². The Morgan fingerprint density at radius 2 is 2.00 bits per heavy atom. The summed E-state index contributed by atoms with van der Waals surface area (Å²) < 4.78 is 1.85. The van der Waals surface area contributed by atoms with Gasteiger partial charge in [-0.3, -0.25) is 0 Å². The van der Waals surface area contributed by atoms with Crippen molar-refractivity contribution in [2.45, 2.75) is 52.7 Å². The normalized spacial score (nSPS) is 14.2. The van der Waals surface area contributed by atoms with E-state index in [1.807, 2.05) is 36.0 Å². The van der Waals surface area contributed by atoms with Gasteiger partial charge in [0.1, 0.15) is 0 Å². The van der Waals surface area contributed by atoms with Gasteiger partial charge in [0.2, 0.25) is 0 Å². The minimum absolute atomic E-state index is 0.136. The first-order chi connectivity index (χ1) is 11.1. The van der Waals surface area contributed by atoms with Crippen LogP contribution >= 0.6 is 0 Å². The third kappa shape index (κ3) is 4.18. The molecule has 2 heterocycles. The van der Waals surface area contributed by atoms with E-state index in [0.29, 0.717) is 12.5 Å². The maximum Gasteiger partial charge on any atom is 0.153 e. The number of rotatable bonds is 8. The van der Waals surface area contributed by atoms with Crippen LogP contribution in [-0.2, 0) is 0 Å². The lowest BCUT2D eigenvalue weighted by molar-refractivity contribution is 0.0988. The Morgan fingerprint density at radius 1 is 1.26 bits per heavy atom. The molecule has 0 saturated heterocycles. The number of aliphatic hydroxyl groups excluding tert-OH is 1. The summed E-state index contributed by atoms with van der Waals surface area (Å²) in [4.78, 5) is 4.34. The quantitative estimate of drug-likeness (QED) is 0.786. The van der Waals surface area contributed by atoms with Gasteiger partial charge in [-0.05, 0) is 31.9 Å². The lowest BCUT2D eigenvalue weighted by Gasteiger charge is -2.22. The third-order valence-corrected chi connectivity index (χ3v) is 4.61. The molecule has 23 heavy (non-hydrogen) atoms. The van der Waals surface area contributed by atoms with E-state index in [2.05, 4.69) is 36.2 Å². The highest BCUT2D eigenvalue weighted by atomic mass is 16.3. The van der Waals surface area contributed by atoms with Crippen molar-refractivity contribution in [2.24, 2.45) is 5.92 Å². The van der Waals surface area contributed by atoms with Gasteiger partial charge in [0, 0.05) is 30.0 Å². The zero-order chi connectivity index (χ0) is 16.8. The first-order valence-corrected chi connectivity index (χ1v) is 8.45. The maximum absolute atomic E-state index is 10.3. The second-order valence-corrected chi connectivity index (χ2v) is 6.06. The standard InChI is InChI=1S/C18H28N4O/c1-5-15(6-2)17(23)12-20-13(3)16-11-21-22(14(16)4)18-9-7-8-10-19-18/h7-11,13,15,17,20,23H,5-6,12H2,1-4H3. The van der Waals surface area contributed by atoms with Crippen LogP contribution in [-0.4, -0.2) is 32.5 Å². The molecule has 0 aliphatic rings. The zero-order valence-corrected chi connectivity index (χ0v) is 14.5. The molecule has 5 nitrogen and oxygen atoms in total. The van der Waals surface area contributed by atoms with E-state index >= 15 is 0 Å². The molecule has 0 aliphatic carbocycles. The van der Waals surface area contributed by atoms with Gasteiger partial charge in [-0.2, -0.15) is 5.10 Å². The number of hydrogen-bond acceptors (Lipinski definition) is 4. The van der Waals surface area contributed by atoms with Crippen LogP contribution in [0.1, 0.15) is 50.9 Å². The molecule has 0 bridgehead atoms. The van der Waals surface area contributed by atoms with Crippen LogP contribution in [0, 0.1) is 12.8 Å². The minimum Gasteiger partial charge on any atom is -0.392 e. The largest absolute Gasteiger partial charge is 0.392 e. The van der Waals surface area contributed by atoms with E-state index in [0.717, 1.165) is 29.9 Å². The fraction of sp³-hybridized carbons (Fsp3) is 0.556. The highest BCUT2D eigenvalue weighted by Crippen LogP contribution is 2.20. The Morgan fingerprint density at radius 3 is 2.61 bits per heavy atom. The number of nitrogens with one attached hydrogen (secondary N) is 1. The summed E-state index contributed by atoms with van der Waals surface area (Å²) in [6, 6.07) is 5.93. The van der Waals surface area contributed by atoms with Crippen molar-refractivity contribution in [1.29, 1.82) is 0 Å². The summed E-state index contributed by atoms with van der Waals surface area (Å²) in [7, 11) is 0. The molecule has 0 aliphatic heterocycles. The fourth-order valence-electron chi connectivity index (χ4n) is 2.96. The molecule has 5 heteroatoms. The monoisotopic (exact) mass is 316 g/mol. The van der Waals surface area contributed by atoms with E-state index < -0.39 is 0 Å². The Balaban J connectivity index is 2.03. The molecule has 2 aromatic rings. The number of pyridine rings is 1. The molecule has 0 fully saturated rings. The average Bonchev–Trinajstić information content (AvgIpc) is 2.96. The van der Waals surface area contributed by atoms with Gasteiger partial charge in [-0.15, -0.1) is 0 Å². The molecular weight excluding hydrogens is 288 g/mol. The van der Waals surface area contributed by atoms with Gasteiger partial charge in [-0.25, -0.2) is 9.67 Å². The van der Waals surface area contributed by atoms with Gasteiger partial charge in [0.25, 0.3) is 0 Å². The summed E-state index contributed by atoms with van der Waals surface area (Å²) >= 11 is 0. The molecule has 2 rings (SSSR count). The van der Waals surface area contributed by atoms with Gasteiger partial charge >= 0.3 is 0 Å². The first-order valence-electron chi connectivity index (χ1n) is 8.45. The molecule has 2 N–H and O–H groups in total. The van der Waals surface area contributed by atoms with E-state index in [-0.39, 0.29) is 12.1 Å². The van der Waals surface area contributed by atoms with E-state index in [4.69, 9.17) is 0 Å². The van der Waals surface area contributed by atoms with Gasteiger partial charge in [0.05, 0.1) is 12.3 Å². The Hall–Kier alpha value is -1.72. The van der Waals surface area contributed by atoms with Crippen LogP contribution in [0.5, 0.6) is 0 Å². The van der Waals surface area contributed by atoms with Crippen LogP contribution < -0.4 is 5.32 Å². The molecule has 0 aromatic carbocycles. The van der Waals surface area contributed by atoms with Crippen LogP contribution in [0.15, 0.2) is 30.6 Å². The smallest absolute Gasteiger partial charge is 0.153 e. The Bertz CT molecular complexity index is 592. The highest BCUT2D eigenvalue weighted by Gasteiger charge is 2.19. The van der Waals surface area contributed by atoms with Crippen LogP contribution in [0.3, 0.4) is 0 Å². The Labute approximate surface area is 138 Å². The predicted molar refractivity (Wildman–Crippen MR) is 92.6 cm³/mol. The molecule has 0 radical (unpaired) electrons. The van der Waals surface area contributed by atoms with Crippen molar-refractivity contribution in [3.05, 3.63) is 41.9 Å². The molecule has 0 saturated carbocycles. The van der Waals surface area contributed by atoms with Gasteiger partial charge in [0.15, 0.2) is 5.82 Å². The lowest BCUT2D eigenvalue weighted by atomic mass is 9.96. The number of aliphatic hydroxyl groups is 1. The summed E-state index contributed by atoms with van der Waals surface area (Å²) in [6.45, 7) is 9.00. The maximum atomic E-state index is 10.3. The van der Waals surface area contributed by atoms with E-state index in [1.54, 1.807) is 6.20 Å². The van der Waals surface area contributed by atoms with E-state index in [1.165, 1.54) is 0 Å². The summed E-state index contributed by atoms with van der Waals surface area (Å²) in [5.41, 5.74) is 2.20. The fourth-order valence-corrected chi connectivity index (χ4v) is 2.96. The summed E-state index contributed by atoms with van der Waals surface area (Å²) in [5, 5.41) is 18.1. The minimum atomic E-state index is -0.307. The van der Waals surface area contributed by atoms with Crippen molar-refractivity contribution in [3.63, 3.8) is 0 Å². The average molecular weight is 316 g/mol. The number of nitrogens with zero attached hydrogens (tertiary/aromatic N) is 3. The molecule has 2 aromatic heterocycles. The second-order valence-electron chi connectivity index (χ2n) is 6.06. The Kier molecular flexibility index (Phi) is 6.30. The lowest BCUT2D eigenvalue weighted by Crippen LogP contribution is -2.34. The molecular formula is C18H28N4O. The summed E-state index contributed by atoms with van der Waals surface area (Å²) in [6.07, 6.45) is 5.35. The first kappa shape index (κ1) is 17.6.